The monoisotopic (exact) mass is 397 g/mol. The number of hydrogen-bond donors (Lipinski definition) is 1. The maximum atomic E-state index is 12.9. The lowest BCUT2D eigenvalue weighted by Crippen LogP contribution is -2.17. The number of primary amides is 1. The number of nitrogens with two attached hydrogens (primary N) is 1. The Kier molecular flexibility index (Phi) is 5.62. The largest absolute Gasteiger partial charge is 0.446 e. The predicted molar refractivity (Wildman–Crippen MR) is 87.4 cm³/mol. The summed E-state index contributed by atoms with van der Waals surface area (Å²) in [4.78, 5) is 9.40. The first kappa shape index (κ1) is 19.5. The molecule has 1 amide bonds. The Bertz CT molecular complexity index is 823. The van der Waals surface area contributed by atoms with Crippen LogP contribution >= 0.6 is 23.5 Å². The second-order valence-corrected chi connectivity index (χ2v) is 6.80. The molecule has 0 aliphatic heterocycles. The molecule has 134 valence electrons. The van der Waals surface area contributed by atoms with Crippen LogP contribution in [0.5, 0.6) is 0 Å². The summed E-state index contributed by atoms with van der Waals surface area (Å²) in [6.07, 6.45) is 0. The SMILES string of the molecule is NC(=O)/C(SC(F)(F)F)=C(/SC(F)(F)F)c1cccc2ccccc12. The second-order valence-electron chi connectivity index (χ2n) is 4.64. The zero-order chi connectivity index (χ0) is 18.8. The number of hydrogen-bond acceptors (Lipinski definition) is 3. The Morgan fingerprint density at radius 3 is 1.96 bits per heavy atom. The first-order chi connectivity index (χ1) is 11.5. The van der Waals surface area contributed by atoms with E-state index in [0.717, 1.165) is 0 Å². The Balaban J connectivity index is 2.78. The van der Waals surface area contributed by atoms with Crippen LogP contribution in [-0.4, -0.2) is 16.9 Å². The van der Waals surface area contributed by atoms with Crippen LogP contribution in [-0.2, 0) is 4.79 Å². The Hall–Kier alpha value is -1.81. The Morgan fingerprint density at radius 2 is 1.40 bits per heavy atom. The highest BCUT2D eigenvalue weighted by atomic mass is 32.2. The van der Waals surface area contributed by atoms with Crippen LogP contribution in [0.25, 0.3) is 15.7 Å². The van der Waals surface area contributed by atoms with E-state index in [4.69, 9.17) is 5.73 Å². The zero-order valence-electron chi connectivity index (χ0n) is 12.1. The van der Waals surface area contributed by atoms with Crippen LogP contribution in [0.4, 0.5) is 26.3 Å². The average Bonchev–Trinajstić information content (AvgIpc) is 2.48. The first-order valence-corrected chi connectivity index (χ1v) is 8.15. The maximum Gasteiger partial charge on any atom is 0.446 e. The number of thioether (sulfide) groups is 2. The summed E-state index contributed by atoms with van der Waals surface area (Å²) >= 11 is -1.75. The van der Waals surface area contributed by atoms with Gasteiger partial charge in [0.15, 0.2) is 0 Å². The van der Waals surface area contributed by atoms with Crippen LogP contribution in [0.2, 0.25) is 0 Å². The van der Waals surface area contributed by atoms with Crippen LogP contribution in [0.3, 0.4) is 0 Å². The van der Waals surface area contributed by atoms with Crippen molar-refractivity contribution in [3.8, 4) is 0 Å². The Labute approximate surface area is 146 Å². The van der Waals surface area contributed by atoms with Crippen molar-refractivity contribution in [2.24, 2.45) is 5.73 Å². The van der Waals surface area contributed by atoms with E-state index in [1.165, 1.54) is 24.3 Å². The predicted octanol–water partition coefficient (Wildman–Crippen LogP) is 5.50. The summed E-state index contributed by atoms with van der Waals surface area (Å²) in [6.45, 7) is 0. The van der Waals surface area contributed by atoms with Gasteiger partial charge in [-0.15, -0.1) is 0 Å². The summed E-state index contributed by atoms with van der Waals surface area (Å²) in [7, 11) is 0. The van der Waals surface area contributed by atoms with Gasteiger partial charge >= 0.3 is 11.0 Å². The van der Waals surface area contributed by atoms with Crippen molar-refractivity contribution in [1.29, 1.82) is 0 Å². The molecule has 25 heavy (non-hydrogen) atoms. The van der Waals surface area contributed by atoms with Gasteiger partial charge in [0, 0.05) is 4.91 Å². The molecule has 2 aromatic carbocycles. The lowest BCUT2D eigenvalue weighted by Gasteiger charge is -2.17. The standard InChI is InChI=1S/C15H9F6NOS2/c16-14(17,18)24-11(12(13(22)23)25-15(19,20)21)10-7-3-5-8-4-1-2-6-9(8)10/h1-7H,(H2,22,23)/b12-11-. The molecule has 10 heteroatoms. The van der Waals surface area contributed by atoms with Crippen molar-refractivity contribution in [3.05, 3.63) is 52.9 Å². The van der Waals surface area contributed by atoms with Gasteiger partial charge in [-0.25, -0.2) is 0 Å². The van der Waals surface area contributed by atoms with E-state index in [1.807, 2.05) is 0 Å². The quantitative estimate of drug-likeness (QED) is 0.547. The molecule has 0 heterocycles. The summed E-state index contributed by atoms with van der Waals surface area (Å²) in [6, 6.07) is 10.4. The molecular formula is C15H9F6NOS2. The number of fused-ring (bicyclic) bond motifs is 1. The summed E-state index contributed by atoms with van der Waals surface area (Å²) in [5.74, 6) is -1.58. The van der Waals surface area contributed by atoms with E-state index in [2.05, 4.69) is 0 Å². The highest BCUT2D eigenvalue weighted by Gasteiger charge is 2.38. The number of alkyl halides is 6. The van der Waals surface area contributed by atoms with Gasteiger partial charge in [0.2, 0.25) is 0 Å². The van der Waals surface area contributed by atoms with E-state index in [-0.39, 0.29) is 10.9 Å². The fraction of sp³-hybridized carbons (Fsp3) is 0.133. The molecule has 2 rings (SSSR count). The molecule has 0 spiro atoms. The molecule has 0 atom stereocenters. The van der Waals surface area contributed by atoms with Crippen molar-refractivity contribution in [3.63, 3.8) is 0 Å². The molecule has 0 saturated carbocycles. The van der Waals surface area contributed by atoms with E-state index in [9.17, 15) is 31.1 Å². The third-order valence-electron chi connectivity index (χ3n) is 2.90. The number of benzene rings is 2. The fourth-order valence-corrected chi connectivity index (χ4v) is 3.58. The molecule has 0 aliphatic rings. The Morgan fingerprint density at radius 1 is 0.840 bits per heavy atom. The van der Waals surface area contributed by atoms with Crippen molar-refractivity contribution in [2.45, 2.75) is 11.0 Å². The maximum absolute atomic E-state index is 12.9. The molecule has 2 aromatic rings. The molecule has 0 saturated heterocycles. The lowest BCUT2D eigenvalue weighted by atomic mass is 10.0. The molecule has 0 fully saturated rings. The molecule has 0 aromatic heterocycles. The van der Waals surface area contributed by atoms with Crippen LogP contribution < -0.4 is 5.73 Å². The smallest absolute Gasteiger partial charge is 0.365 e. The fourth-order valence-electron chi connectivity index (χ4n) is 2.09. The lowest BCUT2D eigenvalue weighted by molar-refractivity contribution is -0.114. The molecule has 0 unspecified atom stereocenters. The van der Waals surface area contributed by atoms with Crippen LogP contribution in [0.15, 0.2) is 47.4 Å². The van der Waals surface area contributed by atoms with Crippen LogP contribution in [0.1, 0.15) is 5.56 Å². The minimum Gasteiger partial charge on any atom is -0.365 e. The first-order valence-electron chi connectivity index (χ1n) is 6.51. The molecule has 0 radical (unpaired) electrons. The van der Waals surface area contributed by atoms with Gasteiger partial charge in [-0.3, -0.25) is 4.79 Å². The summed E-state index contributed by atoms with van der Waals surface area (Å²) < 4.78 is 77.0. The zero-order valence-corrected chi connectivity index (χ0v) is 13.7. The molecule has 2 N–H and O–H groups in total. The average molecular weight is 397 g/mol. The second kappa shape index (κ2) is 7.20. The van der Waals surface area contributed by atoms with E-state index in [0.29, 0.717) is 5.39 Å². The van der Waals surface area contributed by atoms with Gasteiger partial charge in [0.1, 0.15) is 0 Å². The third kappa shape index (κ3) is 5.33. The van der Waals surface area contributed by atoms with Crippen molar-refractivity contribution < 1.29 is 31.1 Å². The van der Waals surface area contributed by atoms with Crippen LogP contribution in [0, 0.1) is 0 Å². The van der Waals surface area contributed by atoms with Crippen molar-refractivity contribution in [1.82, 2.24) is 0 Å². The topological polar surface area (TPSA) is 43.1 Å². The van der Waals surface area contributed by atoms with Gasteiger partial charge in [0.25, 0.3) is 5.91 Å². The third-order valence-corrected chi connectivity index (χ3v) is 4.73. The van der Waals surface area contributed by atoms with Gasteiger partial charge in [-0.2, -0.15) is 26.3 Å². The van der Waals surface area contributed by atoms with E-state index < -0.39 is 50.3 Å². The van der Waals surface area contributed by atoms with Gasteiger partial charge in [-0.05, 0) is 39.9 Å². The number of halogens is 6. The normalized spacial score (nSPS) is 13.7. The highest BCUT2D eigenvalue weighted by molar-refractivity contribution is 8.12. The van der Waals surface area contributed by atoms with Gasteiger partial charge in [-0.1, -0.05) is 42.5 Å². The van der Waals surface area contributed by atoms with E-state index >= 15 is 0 Å². The van der Waals surface area contributed by atoms with Crippen molar-refractivity contribution >= 4 is 45.1 Å². The summed E-state index contributed by atoms with van der Waals surface area (Å²) in [5, 5.41) is 0.791. The molecule has 2 nitrogen and oxygen atoms in total. The van der Waals surface area contributed by atoms with Gasteiger partial charge in [0.05, 0.1) is 4.91 Å². The number of carbonyl (C=O) groups is 1. The molecule has 0 bridgehead atoms. The van der Waals surface area contributed by atoms with Gasteiger partial charge < -0.3 is 5.73 Å². The van der Waals surface area contributed by atoms with E-state index in [1.54, 1.807) is 18.2 Å². The molecular weight excluding hydrogens is 388 g/mol. The minimum atomic E-state index is -4.97. The van der Waals surface area contributed by atoms with Crippen molar-refractivity contribution in [2.75, 3.05) is 0 Å². The number of carbonyl (C=O) groups excluding carboxylic acids is 1. The summed E-state index contributed by atoms with van der Waals surface area (Å²) in [5.41, 5.74) is -5.07. The number of rotatable bonds is 4. The highest BCUT2D eigenvalue weighted by Crippen LogP contribution is 2.49. The number of amides is 1. The molecule has 0 aliphatic carbocycles. The minimum absolute atomic E-state index is 0.147.